The van der Waals surface area contributed by atoms with Gasteiger partial charge < -0.3 is 19.9 Å². The van der Waals surface area contributed by atoms with E-state index in [1.807, 2.05) is 194 Å². The van der Waals surface area contributed by atoms with E-state index >= 15 is 0 Å². The van der Waals surface area contributed by atoms with E-state index in [1.165, 1.54) is 43.2 Å². The molecule has 0 bridgehead atoms. The second kappa shape index (κ2) is 56.8. The van der Waals surface area contributed by atoms with Gasteiger partial charge in [0.15, 0.2) is 0 Å². The van der Waals surface area contributed by atoms with Crippen LogP contribution in [-0.2, 0) is 86.8 Å². The number of rotatable bonds is 16. The van der Waals surface area contributed by atoms with Gasteiger partial charge in [-0.05, 0) is 60.7 Å². The number of benzene rings is 10. The molecule has 18 rings (SSSR count). The molecule has 0 unspecified atom stereocenters. The Balaban J connectivity index is 0.000000235. The predicted octanol–water partition coefficient (Wildman–Crippen LogP) is 28.0. The van der Waals surface area contributed by atoms with Crippen LogP contribution in [0.5, 0.6) is 0 Å². The Kier molecular flexibility index (Phi) is 37.5. The Hall–Kier alpha value is -9.83. The van der Waals surface area contributed by atoms with Crippen molar-refractivity contribution in [3.63, 3.8) is 0 Å². The van der Waals surface area contributed by atoms with Gasteiger partial charge in [-0.2, -0.15) is 0 Å². The molecule has 16 heteroatoms. The molecular formula is C119H118Ge4Ir4N8-8. The number of aryl methyl sites for hydroxylation is 3. The van der Waals surface area contributed by atoms with E-state index in [9.17, 15) is 0 Å². The van der Waals surface area contributed by atoms with E-state index in [2.05, 4.69) is 261 Å². The Morgan fingerprint density at radius 3 is 1.01 bits per heavy atom. The van der Waals surface area contributed by atoms with Gasteiger partial charge in [0.25, 0.3) is 0 Å². The minimum absolute atomic E-state index is 0. The Bertz CT molecular complexity index is 6880. The number of hydrogen-bond donors (Lipinski definition) is 0. The molecule has 8 heterocycles. The van der Waals surface area contributed by atoms with Crippen LogP contribution in [0.1, 0.15) is 58.2 Å². The Morgan fingerprint density at radius 1 is 0.267 bits per heavy atom. The fraction of sp³-hybridized carbons (Fsp3) is 0.160. The average molecular weight is 2740 g/mol. The van der Waals surface area contributed by atoms with Crippen molar-refractivity contribution in [3.8, 4) is 112 Å². The van der Waals surface area contributed by atoms with Gasteiger partial charge in [0, 0.05) is 112 Å². The van der Waals surface area contributed by atoms with Crippen LogP contribution in [0.15, 0.2) is 389 Å². The summed E-state index contributed by atoms with van der Waals surface area (Å²) in [5.74, 6) is 24.8. The van der Waals surface area contributed by atoms with Gasteiger partial charge in [-0.3, -0.25) is 0 Å². The second-order valence-corrected chi connectivity index (χ2v) is 76.9. The van der Waals surface area contributed by atoms with E-state index < -0.39 is 93.2 Å². The van der Waals surface area contributed by atoms with E-state index in [4.69, 9.17) is 21.9 Å². The van der Waals surface area contributed by atoms with Gasteiger partial charge in [-0.25, -0.2) is 0 Å². The summed E-state index contributed by atoms with van der Waals surface area (Å²) in [5, 5.41) is 0. The third-order valence-corrected chi connectivity index (χ3v) is 37.4. The Morgan fingerprint density at radius 2 is 0.630 bits per heavy atom. The summed E-state index contributed by atoms with van der Waals surface area (Å²) in [7, 11) is 0. The third-order valence-electron chi connectivity index (χ3n) is 20.2. The zero-order valence-electron chi connectivity index (χ0n) is 93.6. The number of pyridine rings is 8. The van der Waals surface area contributed by atoms with Crippen molar-refractivity contribution in [1.82, 2.24) is 39.9 Å². The molecule has 0 aliphatic carbocycles. The van der Waals surface area contributed by atoms with Gasteiger partial charge in [-0.1, -0.05) is 48.5 Å². The van der Waals surface area contributed by atoms with Crippen LogP contribution in [-0.4, -0.2) is 92.9 Å². The number of hydrogen-bond acceptors (Lipinski definition) is 8. The summed E-state index contributed by atoms with van der Waals surface area (Å²) < 4.78 is 127. The molecule has 0 amide bonds. The van der Waals surface area contributed by atoms with Crippen molar-refractivity contribution >= 4 is 70.6 Å². The number of nitrogens with zero attached hydrogens (tertiary/aromatic N) is 8. The topological polar surface area (TPSA) is 103 Å². The van der Waals surface area contributed by atoms with Crippen molar-refractivity contribution in [2.75, 3.05) is 0 Å². The summed E-state index contributed by atoms with van der Waals surface area (Å²) in [4.78, 5) is 34.7. The van der Waals surface area contributed by atoms with E-state index in [-0.39, 0.29) is 98.2 Å². The monoisotopic (exact) mass is 2740 g/mol. The molecule has 694 valence electrons. The summed E-state index contributed by atoms with van der Waals surface area (Å²) in [6.07, 6.45) is 10.6. The van der Waals surface area contributed by atoms with Crippen molar-refractivity contribution in [3.05, 3.63) is 460 Å². The molecule has 0 N–H and O–H groups in total. The molecule has 0 spiro atoms. The van der Waals surface area contributed by atoms with Crippen LogP contribution in [0, 0.1) is 75.0 Å². The standard InChI is InChI=1S/2C20H20GeN.C18H24GeN.C15H18GeN.2C12H10N.2C11H8N.4Ir/c1-21(2,3)19-12-13-22-20(15-19)18-11-7-10-17(14-18)16-8-5-4-6-9-16;1-21(2,3)19-13-14-22-20(15-19)18-11-9-17(10-12-18)16-7-5-4-6-8-16;1-14(2)11-16-12-18(15-9-7-6-8-10-15)20-13-17(16)19(3,4)5;1-12-10-15(13-8-6-5-7-9-13)17-11-14(12)16(2,3)4;2*1-10-6-5-9-12(13-10)11-7-3-2-4-8-11;2*1-2-6-10(7-3-1)11-8-4-5-9-12-11;;;;/h4-10,12-15H,1-3H3;4-11,13-15H,1-3H3;6-9,12-14H,11H2,1-5H3;5-8,10-11H,1-4H3;2*2-7,9H,1H3;2*1-6,8-9H;;;;/q8*-1;;;;/i;;1D3,2D3,14D;3*1D3;;;;;;. The maximum Gasteiger partial charge on any atom is 0.0160 e. The maximum absolute atomic E-state index is 8.40. The van der Waals surface area contributed by atoms with Crippen LogP contribution >= 0.6 is 0 Å². The first-order valence-corrected chi connectivity index (χ1v) is 72.6. The first-order valence-electron chi connectivity index (χ1n) is 51.2. The molecule has 0 fully saturated rings. The van der Waals surface area contributed by atoms with Crippen molar-refractivity contribution < 1.29 is 102 Å². The van der Waals surface area contributed by atoms with Crippen LogP contribution in [0.2, 0.25) is 69.1 Å². The molecule has 8 aromatic heterocycles. The SMILES string of the molecule is [2H]C([2H])([2H])C([2H])(Cc1cc(-c2[c-]cccc2)nc[c]1[Ge]([CH3])([CH3])[CH3])C([2H])([2H])[2H].[2H]C([2H])([2H])c1cc(-c2[c-]cccc2)nc[c]1[Ge]([CH3])([CH3])[CH3].[2H]C([2H])([2H])c1cccc(-c2[c-]cccc2)n1.[2H]C([2H])([2H])c1cccc(-c2[c-]cccc2)n1.[CH3][Ge]([CH3])([CH3])[c]1ccnc(-c2[c-]cc(-c3ccccc3)cc2)c1.[CH3][Ge]([CH3])([CH3])[c]1ccnc(-c2[c-]ccc(-c3ccccc3)c2)c1.[Ir].[Ir].[Ir].[Ir].[c-]1ccccc1-c1ccccn1.[c-]1ccccc1-c1ccccn1. The molecule has 135 heavy (non-hydrogen) atoms. The molecule has 10 aromatic carbocycles. The van der Waals surface area contributed by atoms with Crippen LogP contribution in [0.4, 0.5) is 0 Å². The van der Waals surface area contributed by atoms with Gasteiger partial charge in [0.2, 0.25) is 0 Å². The summed E-state index contributed by atoms with van der Waals surface area (Å²) >= 11 is -8.41. The molecular weight excluding hydrogens is 2600 g/mol. The quantitative estimate of drug-likeness (QED) is 0.0696. The average Bonchev–Trinajstić information content (AvgIpc) is 0.751. The van der Waals surface area contributed by atoms with Crippen LogP contribution in [0.25, 0.3) is 112 Å². The van der Waals surface area contributed by atoms with Crippen LogP contribution in [0.3, 0.4) is 0 Å². The van der Waals surface area contributed by atoms with E-state index in [0.29, 0.717) is 33.9 Å². The molecule has 0 saturated carbocycles. The van der Waals surface area contributed by atoms with Gasteiger partial charge >= 0.3 is 516 Å². The van der Waals surface area contributed by atoms with Crippen molar-refractivity contribution in [1.29, 1.82) is 0 Å². The molecule has 0 saturated heterocycles. The molecule has 0 aliphatic rings. The molecule has 18 aromatic rings. The molecule has 8 nitrogen and oxygen atoms in total. The second-order valence-electron chi connectivity index (χ2n) is 34.5. The molecule has 0 aliphatic heterocycles. The zero-order valence-corrected chi connectivity index (χ0v) is 95.5. The maximum atomic E-state index is 8.40. The first kappa shape index (κ1) is 89.1. The van der Waals surface area contributed by atoms with Gasteiger partial charge in [-0.15, -0.1) is 144 Å². The zero-order chi connectivity index (χ0) is 106. The van der Waals surface area contributed by atoms with E-state index in [1.54, 1.807) is 79.4 Å². The predicted molar refractivity (Wildman–Crippen MR) is 564 cm³/mol. The molecule has 0 atom stereocenters. The normalized spacial score (nSPS) is 12.9. The summed E-state index contributed by atoms with van der Waals surface area (Å²) in [6.45, 7) is -12.3. The molecule has 4 radical (unpaired) electrons. The minimum Gasteiger partial charge on any atom is -0.305 e. The van der Waals surface area contributed by atoms with Crippen molar-refractivity contribution in [2.24, 2.45) is 5.89 Å². The fourth-order valence-electron chi connectivity index (χ4n) is 13.3. The van der Waals surface area contributed by atoms with Crippen molar-refractivity contribution in [2.45, 2.75) is 110 Å². The largest absolute Gasteiger partial charge is 0.305 e. The summed E-state index contributed by atoms with van der Waals surface area (Å²) in [5.41, 5.74) is 20.0. The fourth-order valence-corrected chi connectivity index (χ4v) is 24.2. The summed E-state index contributed by atoms with van der Waals surface area (Å²) in [6, 6.07) is 138. The smallest absolute Gasteiger partial charge is 0.0160 e. The number of aromatic nitrogens is 8. The van der Waals surface area contributed by atoms with Gasteiger partial charge in [0.1, 0.15) is 0 Å². The van der Waals surface area contributed by atoms with E-state index in [0.717, 1.165) is 76.1 Å². The van der Waals surface area contributed by atoms with Crippen LogP contribution < -0.4 is 17.6 Å². The first-order chi connectivity index (χ1) is 69.5. The van der Waals surface area contributed by atoms with Gasteiger partial charge in [0.05, 0.1) is 0 Å². The Labute approximate surface area is 892 Å². The third kappa shape index (κ3) is 36.9. The minimum atomic E-state index is -2.94.